The highest BCUT2D eigenvalue weighted by molar-refractivity contribution is 5.44. The maximum Gasteiger partial charge on any atom is 0.435 e. The zero-order valence-electron chi connectivity index (χ0n) is 15.3. The van der Waals surface area contributed by atoms with Crippen LogP contribution >= 0.6 is 0 Å². The minimum Gasteiger partial charge on any atom is -0.505 e. The molecular weight excluding hydrogens is 390 g/mol. The molecule has 0 spiro atoms. The maximum atomic E-state index is 13.6. The topological polar surface area (TPSA) is 71.1 Å². The summed E-state index contributed by atoms with van der Waals surface area (Å²) in [6.45, 7) is 0. The molecule has 1 unspecified atom stereocenters. The number of benzene rings is 1. The van der Waals surface area contributed by atoms with Crippen molar-refractivity contribution in [3.05, 3.63) is 41.0 Å². The number of hydrogen-bond acceptors (Lipinski definition) is 4. The molecule has 1 heterocycles. The van der Waals surface area contributed by atoms with E-state index in [0.717, 1.165) is 16.8 Å². The van der Waals surface area contributed by atoms with Crippen LogP contribution < -0.4 is 0 Å². The van der Waals surface area contributed by atoms with E-state index in [2.05, 4.69) is 11.2 Å². The van der Waals surface area contributed by atoms with Gasteiger partial charge in [0.15, 0.2) is 17.3 Å². The van der Waals surface area contributed by atoms with Gasteiger partial charge in [0.05, 0.1) is 28.5 Å². The van der Waals surface area contributed by atoms with Crippen LogP contribution in [0.4, 0.5) is 17.6 Å². The van der Waals surface area contributed by atoms with Crippen LogP contribution in [0.2, 0.25) is 0 Å². The quantitative estimate of drug-likeness (QED) is 0.757. The van der Waals surface area contributed by atoms with Gasteiger partial charge in [0.1, 0.15) is 6.10 Å². The average Bonchev–Trinajstić information content (AvgIpc) is 3.00. The summed E-state index contributed by atoms with van der Waals surface area (Å²) < 4.78 is 61.7. The molecule has 0 amide bonds. The number of hydrogen-bond donors (Lipinski definition) is 1. The van der Waals surface area contributed by atoms with E-state index in [-0.39, 0.29) is 23.1 Å². The molecule has 2 bridgehead atoms. The number of aromatic nitrogens is 2. The Hall–Kier alpha value is -2.60. The van der Waals surface area contributed by atoms with Crippen molar-refractivity contribution in [3.8, 4) is 17.5 Å². The van der Waals surface area contributed by atoms with Crippen molar-refractivity contribution in [2.45, 2.75) is 56.4 Å². The molecule has 4 aliphatic carbocycles. The highest BCUT2D eigenvalue weighted by Gasteiger charge is 2.70. The van der Waals surface area contributed by atoms with Crippen molar-refractivity contribution < 1.29 is 27.4 Å². The van der Waals surface area contributed by atoms with Gasteiger partial charge in [-0.25, -0.2) is 9.07 Å². The predicted molar refractivity (Wildman–Crippen MR) is 91.6 cm³/mol. The number of fused-ring (bicyclic) bond motifs is 1. The van der Waals surface area contributed by atoms with Crippen molar-refractivity contribution in [2.75, 3.05) is 0 Å². The van der Waals surface area contributed by atoms with Crippen LogP contribution in [0.3, 0.4) is 0 Å². The molecular formula is C20H17F4N3O2. The van der Waals surface area contributed by atoms with Crippen LogP contribution in [-0.4, -0.2) is 20.5 Å². The van der Waals surface area contributed by atoms with Crippen molar-refractivity contribution >= 4 is 0 Å². The molecule has 152 valence electrons. The highest BCUT2D eigenvalue weighted by Crippen LogP contribution is 2.70. The standard InChI is InChI=1S/C20H17F4N3O2/c21-13-5-4-11(6-14(13)28)27-16-12(17(26-27)20(22,23)24)2-1-3-15(16)29-19-7-18(8-19,9-19)10-25/h4-6,15,28H,1-3,7-9H2. The molecule has 5 nitrogen and oxygen atoms in total. The number of phenols is 1. The first-order valence-corrected chi connectivity index (χ1v) is 9.42. The van der Waals surface area contributed by atoms with Gasteiger partial charge in [0.2, 0.25) is 0 Å². The first kappa shape index (κ1) is 18.4. The fraction of sp³-hybridized carbons (Fsp3) is 0.500. The molecule has 1 aromatic carbocycles. The summed E-state index contributed by atoms with van der Waals surface area (Å²) in [5.41, 5.74) is -1.25. The van der Waals surface area contributed by atoms with Gasteiger partial charge >= 0.3 is 6.18 Å². The molecule has 0 saturated heterocycles. The summed E-state index contributed by atoms with van der Waals surface area (Å²) >= 11 is 0. The van der Waals surface area contributed by atoms with Crippen LogP contribution in [0.5, 0.6) is 5.75 Å². The molecule has 9 heteroatoms. The summed E-state index contributed by atoms with van der Waals surface area (Å²) in [7, 11) is 0. The van der Waals surface area contributed by atoms with E-state index in [4.69, 9.17) is 4.74 Å². The van der Waals surface area contributed by atoms with Gasteiger partial charge in [-0.15, -0.1) is 0 Å². The number of phenolic OH excluding ortho intramolecular Hbond substituents is 1. The van der Waals surface area contributed by atoms with Crippen LogP contribution in [0.25, 0.3) is 5.69 Å². The van der Waals surface area contributed by atoms with Crippen molar-refractivity contribution in [1.82, 2.24) is 9.78 Å². The molecule has 3 saturated carbocycles. The van der Waals surface area contributed by atoms with E-state index in [1.165, 1.54) is 6.07 Å². The second-order valence-electron chi connectivity index (χ2n) is 8.36. The minimum absolute atomic E-state index is 0.0826. The zero-order chi connectivity index (χ0) is 20.6. The van der Waals surface area contributed by atoms with Gasteiger partial charge < -0.3 is 9.84 Å². The fourth-order valence-electron chi connectivity index (χ4n) is 5.05. The lowest BCUT2D eigenvalue weighted by atomic mass is 9.42. The third-order valence-corrected chi connectivity index (χ3v) is 6.28. The van der Waals surface area contributed by atoms with Crippen molar-refractivity contribution in [2.24, 2.45) is 5.41 Å². The van der Waals surface area contributed by atoms with E-state index in [1.54, 1.807) is 0 Å². The van der Waals surface area contributed by atoms with Gasteiger partial charge in [0.25, 0.3) is 0 Å². The normalized spacial score (nSPS) is 30.1. The number of ether oxygens (including phenoxy) is 1. The van der Waals surface area contributed by atoms with E-state index in [1.807, 2.05) is 0 Å². The third kappa shape index (κ3) is 2.65. The maximum absolute atomic E-state index is 13.6. The van der Waals surface area contributed by atoms with Crippen LogP contribution in [0.1, 0.15) is 55.2 Å². The monoisotopic (exact) mass is 407 g/mol. The zero-order valence-corrected chi connectivity index (χ0v) is 15.3. The SMILES string of the molecule is N#CC12CC(OC3CCCc4c(C(F)(F)F)nn(-c5ccc(F)c(O)c5)c43)(C1)C2. The summed E-state index contributed by atoms with van der Waals surface area (Å²) in [6, 6.07) is 5.61. The van der Waals surface area contributed by atoms with Gasteiger partial charge in [-0.1, -0.05) is 0 Å². The smallest absolute Gasteiger partial charge is 0.435 e. The molecule has 6 rings (SSSR count). The minimum atomic E-state index is -4.64. The first-order valence-electron chi connectivity index (χ1n) is 9.42. The molecule has 3 fully saturated rings. The van der Waals surface area contributed by atoms with Gasteiger partial charge in [0, 0.05) is 11.6 Å². The van der Waals surface area contributed by atoms with E-state index < -0.39 is 35.1 Å². The number of aromatic hydroxyl groups is 1. The Kier molecular flexibility index (Phi) is 3.64. The average molecular weight is 407 g/mol. The number of rotatable bonds is 3. The Morgan fingerprint density at radius 2 is 2.00 bits per heavy atom. The van der Waals surface area contributed by atoms with E-state index >= 15 is 0 Å². The molecule has 4 aliphatic rings. The van der Waals surface area contributed by atoms with Crippen LogP contribution in [0.15, 0.2) is 18.2 Å². The van der Waals surface area contributed by atoms with E-state index in [9.17, 15) is 27.9 Å². The third-order valence-electron chi connectivity index (χ3n) is 6.28. The van der Waals surface area contributed by atoms with Crippen molar-refractivity contribution in [1.29, 1.82) is 5.26 Å². The highest BCUT2D eigenvalue weighted by atomic mass is 19.4. The van der Waals surface area contributed by atoms with Crippen LogP contribution in [-0.2, 0) is 17.3 Å². The predicted octanol–water partition coefficient (Wildman–Crippen LogP) is 4.58. The second-order valence-corrected chi connectivity index (χ2v) is 8.36. The molecule has 0 radical (unpaired) electrons. The summed E-state index contributed by atoms with van der Waals surface area (Å²) in [6.07, 6.45) is -2.18. The first-order chi connectivity index (χ1) is 13.7. The molecule has 1 N–H and O–H groups in total. The van der Waals surface area contributed by atoms with Gasteiger partial charge in [-0.3, -0.25) is 0 Å². The van der Waals surface area contributed by atoms with Crippen LogP contribution in [0, 0.1) is 22.6 Å². The largest absolute Gasteiger partial charge is 0.505 e. The lowest BCUT2D eigenvalue weighted by Crippen LogP contribution is -2.67. The van der Waals surface area contributed by atoms with Gasteiger partial charge in [-0.2, -0.15) is 23.5 Å². The van der Waals surface area contributed by atoms with E-state index in [0.29, 0.717) is 37.8 Å². The second kappa shape index (κ2) is 5.72. The number of alkyl halides is 3. The Morgan fingerprint density at radius 3 is 2.62 bits per heavy atom. The molecule has 1 atom stereocenters. The van der Waals surface area contributed by atoms with Crippen molar-refractivity contribution in [3.63, 3.8) is 0 Å². The molecule has 0 aliphatic heterocycles. The number of halogens is 4. The molecule has 29 heavy (non-hydrogen) atoms. The Labute approximate surface area is 163 Å². The summed E-state index contributed by atoms with van der Waals surface area (Å²) in [4.78, 5) is 0. The number of nitrogens with zero attached hydrogens (tertiary/aromatic N) is 3. The fourth-order valence-corrected chi connectivity index (χ4v) is 5.05. The molecule has 2 aromatic rings. The Bertz CT molecular complexity index is 1030. The summed E-state index contributed by atoms with van der Waals surface area (Å²) in [5.74, 6) is -1.53. The molecule has 1 aromatic heterocycles. The lowest BCUT2D eigenvalue weighted by molar-refractivity contribution is -0.284. The summed E-state index contributed by atoms with van der Waals surface area (Å²) in [5, 5.41) is 22.7. The van der Waals surface area contributed by atoms with Gasteiger partial charge in [-0.05, 0) is 50.7 Å². The Morgan fingerprint density at radius 1 is 1.28 bits per heavy atom. The Balaban J connectivity index is 1.58. The lowest BCUT2D eigenvalue weighted by Gasteiger charge is -2.67. The number of nitriles is 1.